The van der Waals surface area contributed by atoms with Crippen molar-refractivity contribution in [3.8, 4) is 0 Å². The van der Waals surface area contributed by atoms with Gasteiger partial charge in [-0.25, -0.2) is 0 Å². The van der Waals surface area contributed by atoms with Crippen LogP contribution in [0.3, 0.4) is 0 Å². The fraction of sp³-hybridized carbons (Fsp3) is 1.00. The van der Waals surface area contributed by atoms with E-state index in [2.05, 4.69) is 30.9 Å². The summed E-state index contributed by atoms with van der Waals surface area (Å²) in [5.74, 6) is 3.61. The summed E-state index contributed by atoms with van der Waals surface area (Å²) in [6, 6.07) is 0.563. The van der Waals surface area contributed by atoms with Gasteiger partial charge >= 0.3 is 0 Å². The standard InChI is InChI=1S/C11H21NOS/c1-11(2)8-13-6-10(11)12-5-9-3-4-14-7-9/h9-10,12H,3-8H2,1-2H3. The Bertz CT molecular complexity index is 190. The molecule has 2 atom stereocenters. The molecule has 0 spiro atoms. The van der Waals surface area contributed by atoms with E-state index < -0.39 is 0 Å². The van der Waals surface area contributed by atoms with Gasteiger partial charge in [0.2, 0.25) is 0 Å². The SMILES string of the molecule is CC1(C)COCC1NCC1CCSC1. The maximum atomic E-state index is 5.52. The minimum Gasteiger partial charge on any atom is -0.379 e. The number of hydrogen-bond donors (Lipinski definition) is 1. The minimum atomic E-state index is 0.325. The van der Waals surface area contributed by atoms with E-state index in [1.807, 2.05) is 0 Å². The Morgan fingerprint density at radius 2 is 2.36 bits per heavy atom. The fourth-order valence-electron chi connectivity index (χ4n) is 2.15. The average Bonchev–Trinajstić information content (AvgIpc) is 2.71. The summed E-state index contributed by atoms with van der Waals surface area (Å²) < 4.78 is 5.52. The molecular weight excluding hydrogens is 194 g/mol. The zero-order valence-electron chi connectivity index (χ0n) is 9.21. The predicted molar refractivity (Wildman–Crippen MR) is 61.8 cm³/mol. The summed E-state index contributed by atoms with van der Waals surface area (Å²) in [6.45, 7) is 7.57. The molecule has 2 aliphatic heterocycles. The molecule has 0 bridgehead atoms. The number of thioether (sulfide) groups is 1. The lowest BCUT2D eigenvalue weighted by molar-refractivity contribution is 0.166. The van der Waals surface area contributed by atoms with Gasteiger partial charge in [-0.2, -0.15) is 11.8 Å². The van der Waals surface area contributed by atoms with Gasteiger partial charge in [-0.05, 0) is 30.4 Å². The average molecular weight is 215 g/mol. The van der Waals surface area contributed by atoms with Crippen LogP contribution in [0.4, 0.5) is 0 Å². The van der Waals surface area contributed by atoms with Crippen LogP contribution in [0, 0.1) is 11.3 Å². The highest BCUT2D eigenvalue weighted by Crippen LogP contribution is 2.28. The molecule has 0 aromatic carbocycles. The number of rotatable bonds is 3. The molecule has 82 valence electrons. The van der Waals surface area contributed by atoms with Crippen LogP contribution in [0.1, 0.15) is 20.3 Å². The molecule has 2 saturated heterocycles. The summed E-state index contributed by atoms with van der Waals surface area (Å²) in [7, 11) is 0. The smallest absolute Gasteiger partial charge is 0.0626 e. The van der Waals surface area contributed by atoms with Crippen LogP contribution < -0.4 is 5.32 Å². The molecule has 0 saturated carbocycles. The molecule has 2 aliphatic rings. The Hall–Kier alpha value is 0.270. The first-order valence-corrected chi connectivity index (χ1v) is 6.73. The zero-order valence-corrected chi connectivity index (χ0v) is 10.0. The van der Waals surface area contributed by atoms with Gasteiger partial charge in [0, 0.05) is 11.5 Å². The monoisotopic (exact) mass is 215 g/mol. The molecule has 1 N–H and O–H groups in total. The van der Waals surface area contributed by atoms with Crippen LogP contribution in [-0.4, -0.2) is 37.3 Å². The van der Waals surface area contributed by atoms with E-state index in [1.54, 1.807) is 0 Å². The number of hydrogen-bond acceptors (Lipinski definition) is 3. The fourth-order valence-corrected chi connectivity index (χ4v) is 3.44. The first kappa shape index (κ1) is 10.8. The Morgan fingerprint density at radius 1 is 1.50 bits per heavy atom. The summed E-state index contributed by atoms with van der Waals surface area (Å²) in [5, 5.41) is 3.68. The third-order valence-corrected chi connectivity index (χ3v) is 4.61. The topological polar surface area (TPSA) is 21.3 Å². The summed E-state index contributed by atoms with van der Waals surface area (Å²) >= 11 is 2.09. The second-order valence-corrected chi connectivity index (χ2v) is 6.34. The van der Waals surface area contributed by atoms with Gasteiger partial charge < -0.3 is 10.1 Å². The van der Waals surface area contributed by atoms with Crippen molar-refractivity contribution in [2.24, 2.45) is 11.3 Å². The molecule has 2 rings (SSSR count). The molecule has 14 heavy (non-hydrogen) atoms. The first-order chi connectivity index (χ1) is 6.68. The Morgan fingerprint density at radius 3 is 2.93 bits per heavy atom. The van der Waals surface area contributed by atoms with E-state index in [-0.39, 0.29) is 0 Å². The number of ether oxygens (including phenoxy) is 1. The van der Waals surface area contributed by atoms with E-state index in [0.29, 0.717) is 11.5 Å². The lowest BCUT2D eigenvalue weighted by atomic mass is 9.87. The summed E-state index contributed by atoms with van der Waals surface area (Å²) in [6.07, 6.45) is 1.39. The Kier molecular flexibility index (Phi) is 3.40. The van der Waals surface area contributed by atoms with Crippen LogP contribution in [0.15, 0.2) is 0 Å². The maximum Gasteiger partial charge on any atom is 0.0626 e. The lowest BCUT2D eigenvalue weighted by Gasteiger charge is -2.26. The van der Waals surface area contributed by atoms with Crippen LogP contribution in [0.5, 0.6) is 0 Å². The van der Waals surface area contributed by atoms with Crippen molar-refractivity contribution in [1.82, 2.24) is 5.32 Å². The van der Waals surface area contributed by atoms with Gasteiger partial charge in [-0.1, -0.05) is 13.8 Å². The van der Waals surface area contributed by atoms with Crippen LogP contribution in [0.2, 0.25) is 0 Å². The zero-order chi connectivity index (χ0) is 10.0. The normalized spacial score (nSPS) is 36.4. The molecule has 2 heterocycles. The number of nitrogens with one attached hydrogen (secondary N) is 1. The van der Waals surface area contributed by atoms with E-state index in [9.17, 15) is 0 Å². The molecule has 0 aromatic heterocycles. The molecule has 2 fully saturated rings. The minimum absolute atomic E-state index is 0.325. The molecule has 0 radical (unpaired) electrons. The van der Waals surface area contributed by atoms with Gasteiger partial charge in [0.1, 0.15) is 0 Å². The molecule has 2 nitrogen and oxygen atoms in total. The maximum absolute atomic E-state index is 5.52. The van der Waals surface area contributed by atoms with Gasteiger partial charge in [0.15, 0.2) is 0 Å². The highest BCUT2D eigenvalue weighted by molar-refractivity contribution is 7.99. The second kappa shape index (κ2) is 4.42. The van der Waals surface area contributed by atoms with Crippen molar-refractivity contribution < 1.29 is 4.74 Å². The third kappa shape index (κ3) is 2.44. The molecule has 0 aliphatic carbocycles. The quantitative estimate of drug-likeness (QED) is 0.775. The van der Waals surface area contributed by atoms with Crippen molar-refractivity contribution >= 4 is 11.8 Å². The van der Waals surface area contributed by atoms with Crippen molar-refractivity contribution in [3.05, 3.63) is 0 Å². The van der Waals surface area contributed by atoms with Gasteiger partial charge in [0.05, 0.1) is 13.2 Å². The molecule has 3 heteroatoms. The molecule has 2 unspecified atom stereocenters. The predicted octanol–water partition coefficient (Wildman–Crippen LogP) is 1.75. The highest BCUT2D eigenvalue weighted by Gasteiger charge is 2.35. The molecule has 0 amide bonds. The van der Waals surface area contributed by atoms with E-state index in [1.165, 1.54) is 24.5 Å². The van der Waals surface area contributed by atoms with E-state index in [4.69, 9.17) is 4.74 Å². The summed E-state index contributed by atoms with van der Waals surface area (Å²) in [4.78, 5) is 0. The van der Waals surface area contributed by atoms with Crippen LogP contribution in [0.25, 0.3) is 0 Å². The highest BCUT2D eigenvalue weighted by atomic mass is 32.2. The van der Waals surface area contributed by atoms with Gasteiger partial charge in [-0.3, -0.25) is 0 Å². The van der Waals surface area contributed by atoms with Crippen molar-refractivity contribution in [1.29, 1.82) is 0 Å². The van der Waals surface area contributed by atoms with E-state index >= 15 is 0 Å². The van der Waals surface area contributed by atoms with Gasteiger partial charge in [0.25, 0.3) is 0 Å². The van der Waals surface area contributed by atoms with Crippen molar-refractivity contribution in [3.63, 3.8) is 0 Å². The van der Waals surface area contributed by atoms with Crippen LogP contribution >= 0.6 is 11.8 Å². The third-order valence-electron chi connectivity index (χ3n) is 3.38. The first-order valence-electron chi connectivity index (χ1n) is 5.57. The van der Waals surface area contributed by atoms with Crippen LogP contribution in [-0.2, 0) is 4.74 Å². The Balaban J connectivity index is 1.74. The Labute approximate surface area is 91.2 Å². The second-order valence-electron chi connectivity index (χ2n) is 5.19. The summed E-state index contributed by atoms with van der Waals surface area (Å²) in [5.41, 5.74) is 0.325. The van der Waals surface area contributed by atoms with E-state index in [0.717, 1.165) is 19.1 Å². The van der Waals surface area contributed by atoms with Crippen molar-refractivity contribution in [2.75, 3.05) is 31.3 Å². The molecular formula is C11H21NOS. The molecule has 0 aromatic rings. The largest absolute Gasteiger partial charge is 0.379 e. The van der Waals surface area contributed by atoms with Gasteiger partial charge in [-0.15, -0.1) is 0 Å². The lowest BCUT2D eigenvalue weighted by Crippen LogP contribution is -2.43. The van der Waals surface area contributed by atoms with Crippen molar-refractivity contribution in [2.45, 2.75) is 26.3 Å².